The van der Waals surface area contributed by atoms with Crippen LogP contribution in [0.15, 0.2) is 11.6 Å². The van der Waals surface area contributed by atoms with Gasteiger partial charge in [0.1, 0.15) is 12.1 Å². The molecule has 184 valence electrons. The van der Waals surface area contributed by atoms with Crippen LogP contribution in [0.4, 0.5) is 0 Å². The Bertz CT molecular complexity index is 703. The molecule has 0 saturated carbocycles. The lowest BCUT2D eigenvalue weighted by atomic mass is 10.1. The Morgan fingerprint density at radius 3 is 1.56 bits per heavy atom. The van der Waals surface area contributed by atoms with Crippen LogP contribution >= 0.6 is 0 Å². The number of rotatable bonds is 7. The monoisotopic (exact) mass is 462 g/mol. The SMILES string of the molecule is CC(C)[C@H](N)C(=O)O.CC(N)N.CCC(=O)C1=CC(=O)NC1=O.NC(=O)C[C@H](N)C(=O)O. The third-order valence-corrected chi connectivity index (χ3v) is 3.12. The van der Waals surface area contributed by atoms with Gasteiger partial charge in [-0.2, -0.15) is 0 Å². The molecule has 14 heteroatoms. The van der Waals surface area contributed by atoms with Gasteiger partial charge in [-0.3, -0.25) is 34.1 Å². The van der Waals surface area contributed by atoms with Crippen LogP contribution in [0.1, 0.15) is 40.5 Å². The van der Waals surface area contributed by atoms with Crippen LogP contribution in [0.5, 0.6) is 0 Å². The molecule has 2 atom stereocenters. The summed E-state index contributed by atoms with van der Waals surface area (Å²) in [5, 5.41) is 18.3. The first kappa shape index (κ1) is 33.4. The highest BCUT2D eigenvalue weighted by Crippen LogP contribution is 2.05. The van der Waals surface area contributed by atoms with Gasteiger partial charge in [0, 0.05) is 18.7 Å². The molecule has 0 radical (unpaired) electrons. The molecule has 14 nitrogen and oxygen atoms in total. The first-order valence-electron chi connectivity index (χ1n) is 9.34. The summed E-state index contributed by atoms with van der Waals surface area (Å²) >= 11 is 0. The van der Waals surface area contributed by atoms with Crippen molar-refractivity contribution in [3.63, 3.8) is 0 Å². The minimum atomic E-state index is -1.21. The zero-order valence-electron chi connectivity index (χ0n) is 18.5. The molecule has 0 unspecified atom stereocenters. The van der Waals surface area contributed by atoms with Crippen molar-refractivity contribution in [3.05, 3.63) is 11.6 Å². The second kappa shape index (κ2) is 17.5. The molecule has 0 aromatic carbocycles. The van der Waals surface area contributed by atoms with Crippen LogP contribution in [0.3, 0.4) is 0 Å². The van der Waals surface area contributed by atoms with Crippen LogP contribution in [0.25, 0.3) is 0 Å². The third-order valence-electron chi connectivity index (χ3n) is 3.12. The van der Waals surface area contributed by atoms with Crippen molar-refractivity contribution in [1.82, 2.24) is 5.32 Å². The maximum Gasteiger partial charge on any atom is 0.321 e. The number of aliphatic carboxylic acids is 2. The van der Waals surface area contributed by atoms with Crippen molar-refractivity contribution < 1.29 is 39.0 Å². The first-order chi connectivity index (χ1) is 14.5. The van der Waals surface area contributed by atoms with Crippen LogP contribution in [-0.2, 0) is 28.8 Å². The molecule has 1 rings (SSSR count). The number of imide groups is 1. The van der Waals surface area contributed by atoms with E-state index in [2.05, 4.69) is 5.73 Å². The maximum absolute atomic E-state index is 10.9. The van der Waals surface area contributed by atoms with E-state index in [1.54, 1.807) is 27.7 Å². The molecule has 0 saturated heterocycles. The van der Waals surface area contributed by atoms with Crippen molar-refractivity contribution in [3.8, 4) is 0 Å². The minimum Gasteiger partial charge on any atom is -0.480 e. The van der Waals surface area contributed by atoms with Crippen molar-refractivity contribution in [2.75, 3.05) is 0 Å². The average Bonchev–Trinajstić information content (AvgIpc) is 2.98. The number of carbonyl (C=O) groups is 6. The Morgan fingerprint density at radius 2 is 1.41 bits per heavy atom. The van der Waals surface area contributed by atoms with Crippen molar-refractivity contribution in [2.24, 2.45) is 34.6 Å². The van der Waals surface area contributed by atoms with Crippen LogP contribution in [0.2, 0.25) is 0 Å². The van der Waals surface area contributed by atoms with Gasteiger partial charge in [0.2, 0.25) is 5.91 Å². The van der Waals surface area contributed by atoms with Gasteiger partial charge in [-0.05, 0) is 12.8 Å². The van der Waals surface area contributed by atoms with E-state index < -0.39 is 41.7 Å². The average molecular weight is 463 g/mol. The van der Waals surface area contributed by atoms with Gasteiger partial charge in [-0.15, -0.1) is 0 Å². The van der Waals surface area contributed by atoms with E-state index in [-0.39, 0.29) is 36.3 Å². The molecule has 0 spiro atoms. The number of hydrogen-bond acceptors (Lipinski definition) is 10. The zero-order chi connectivity index (χ0) is 26.2. The van der Waals surface area contributed by atoms with Crippen molar-refractivity contribution in [2.45, 2.75) is 58.8 Å². The number of amides is 3. The quantitative estimate of drug-likeness (QED) is 0.107. The fraction of sp³-hybridized carbons (Fsp3) is 0.556. The predicted molar refractivity (Wildman–Crippen MR) is 114 cm³/mol. The van der Waals surface area contributed by atoms with Gasteiger partial charge < -0.3 is 38.9 Å². The standard InChI is InChI=1S/C7H7NO3.C5H11NO2.C4H8N2O3.C2H8N2/c1-2-5(9)4-3-6(10)8-7(4)11;1-3(2)4(6)5(7)8;5-2(4(8)9)1-3(6)7;1-2(3)4/h3H,2H2,1H3,(H,8,10,11);3-4H,6H2,1-2H3,(H,7,8);2H,1,5H2,(H2,6,7)(H,8,9);2H,3-4H2,1H3/t;4-;2-;/m.00./s1. The van der Waals surface area contributed by atoms with Gasteiger partial charge in [0.25, 0.3) is 11.8 Å². The molecular formula is C18H34N6O8. The van der Waals surface area contributed by atoms with Gasteiger partial charge in [0.15, 0.2) is 5.78 Å². The van der Waals surface area contributed by atoms with Crippen molar-refractivity contribution in [1.29, 1.82) is 0 Å². The summed E-state index contributed by atoms with van der Waals surface area (Å²) in [5.41, 5.74) is 24.5. The summed E-state index contributed by atoms with van der Waals surface area (Å²) in [6.45, 7) is 6.91. The highest BCUT2D eigenvalue weighted by Gasteiger charge is 2.25. The van der Waals surface area contributed by atoms with Crippen LogP contribution < -0.4 is 34.0 Å². The Hall–Kier alpha value is -3.20. The number of ketones is 1. The van der Waals surface area contributed by atoms with E-state index >= 15 is 0 Å². The normalized spacial score (nSPS) is 13.8. The van der Waals surface area contributed by atoms with Crippen LogP contribution in [0, 0.1) is 5.92 Å². The number of primary amides is 1. The van der Waals surface area contributed by atoms with Gasteiger partial charge in [-0.1, -0.05) is 20.8 Å². The summed E-state index contributed by atoms with van der Waals surface area (Å²) in [6, 6.07) is -1.88. The van der Waals surface area contributed by atoms with E-state index in [1.807, 2.05) is 5.32 Å². The summed E-state index contributed by atoms with van der Waals surface area (Å²) < 4.78 is 0. The lowest BCUT2D eigenvalue weighted by Gasteiger charge is -2.07. The Morgan fingerprint density at radius 1 is 0.969 bits per heavy atom. The number of carboxylic acid groups (broad SMARTS) is 2. The largest absolute Gasteiger partial charge is 0.480 e. The fourth-order valence-corrected chi connectivity index (χ4v) is 1.40. The molecule has 0 bridgehead atoms. The zero-order valence-corrected chi connectivity index (χ0v) is 18.5. The van der Waals surface area contributed by atoms with E-state index in [0.29, 0.717) is 0 Å². The number of carboxylic acids is 2. The fourth-order valence-electron chi connectivity index (χ4n) is 1.40. The molecule has 1 heterocycles. The lowest BCUT2D eigenvalue weighted by Crippen LogP contribution is -2.34. The summed E-state index contributed by atoms with van der Waals surface area (Å²) in [7, 11) is 0. The van der Waals surface area contributed by atoms with Crippen molar-refractivity contribution >= 4 is 35.4 Å². The Balaban J connectivity index is -0.000000368. The third kappa shape index (κ3) is 18.8. The minimum absolute atomic E-state index is 0.0208. The molecule has 3 amide bonds. The smallest absolute Gasteiger partial charge is 0.321 e. The topological polar surface area (TPSA) is 285 Å². The molecule has 1 aliphatic rings. The molecule has 0 aromatic heterocycles. The number of nitrogens with two attached hydrogens (primary N) is 5. The number of hydrogen-bond donors (Lipinski definition) is 8. The van der Waals surface area contributed by atoms with E-state index in [0.717, 1.165) is 6.08 Å². The second-order valence-corrected chi connectivity index (χ2v) is 6.74. The summed E-state index contributed by atoms with van der Waals surface area (Å²) in [6.07, 6.45) is 0.802. The Labute approximate surface area is 185 Å². The molecule has 0 aromatic rings. The predicted octanol–water partition coefficient (Wildman–Crippen LogP) is -2.87. The summed E-state index contributed by atoms with van der Waals surface area (Å²) in [5.74, 6) is -4.21. The van der Waals surface area contributed by atoms with Crippen LogP contribution in [-0.4, -0.2) is 63.9 Å². The number of carbonyl (C=O) groups excluding carboxylic acids is 4. The summed E-state index contributed by atoms with van der Waals surface area (Å²) in [4.78, 5) is 62.1. The highest BCUT2D eigenvalue weighted by molar-refractivity contribution is 6.30. The van der Waals surface area contributed by atoms with E-state index in [9.17, 15) is 28.8 Å². The molecule has 0 fully saturated rings. The molecule has 0 aliphatic carbocycles. The number of nitrogens with one attached hydrogen (secondary N) is 1. The van der Waals surface area contributed by atoms with E-state index in [4.69, 9.17) is 33.1 Å². The molecule has 13 N–H and O–H groups in total. The van der Waals surface area contributed by atoms with E-state index in [1.165, 1.54) is 0 Å². The molecular weight excluding hydrogens is 428 g/mol. The lowest BCUT2D eigenvalue weighted by molar-refractivity contribution is -0.140. The first-order valence-corrected chi connectivity index (χ1v) is 9.34. The van der Waals surface area contributed by atoms with Gasteiger partial charge >= 0.3 is 11.9 Å². The Kier molecular flexibility index (Phi) is 18.3. The molecule has 1 aliphatic heterocycles. The molecule has 32 heavy (non-hydrogen) atoms. The van der Waals surface area contributed by atoms with Gasteiger partial charge in [0.05, 0.1) is 12.0 Å². The number of Topliss-reactive ketones (excluding diaryl/α,β-unsaturated/α-hetero) is 1. The van der Waals surface area contributed by atoms with Gasteiger partial charge in [-0.25, -0.2) is 0 Å². The maximum atomic E-state index is 10.9. The second-order valence-electron chi connectivity index (χ2n) is 6.74. The highest BCUT2D eigenvalue weighted by atomic mass is 16.4.